The SMILES string of the molecule is CSC1CCCC1NCC(O)COC1CCCC1. The highest BCUT2D eigenvalue weighted by Crippen LogP contribution is 2.28. The molecule has 0 aliphatic heterocycles. The van der Waals surface area contributed by atoms with E-state index in [1.165, 1.54) is 44.9 Å². The van der Waals surface area contributed by atoms with Crippen LogP contribution in [0, 0.1) is 0 Å². The lowest BCUT2D eigenvalue weighted by Gasteiger charge is -2.22. The lowest BCUT2D eigenvalue weighted by Crippen LogP contribution is -2.40. The number of hydrogen-bond donors (Lipinski definition) is 2. The molecule has 2 saturated carbocycles. The summed E-state index contributed by atoms with van der Waals surface area (Å²) in [5.41, 5.74) is 0. The Balaban J connectivity index is 1.57. The Morgan fingerprint density at radius 3 is 2.72 bits per heavy atom. The van der Waals surface area contributed by atoms with Crippen LogP contribution in [0.2, 0.25) is 0 Å². The van der Waals surface area contributed by atoms with Gasteiger partial charge in [0.15, 0.2) is 0 Å². The van der Waals surface area contributed by atoms with Crippen LogP contribution >= 0.6 is 11.8 Å². The van der Waals surface area contributed by atoms with E-state index >= 15 is 0 Å². The summed E-state index contributed by atoms with van der Waals surface area (Å²) in [5, 5.41) is 14.2. The predicted molar refractivity (Wildman–Crippen MR) is 77.2 cm³/mol. The molecular formula is C14H27NO2S. The average Bonchev–Trinajstić information content (AvgIpc) is 3.04. The van der Waals surface area contributed by atoms with E-state index in [1.54, 1.807) is 0 Å². The fourth-order valence-electron chi connectivity index (χ4n) is 3.09. The van der Waals surface area contributed by atoms with Gasteiger partial charge in [0.25, 0.3) is 0 Å². The average molecular weight is 273 g/mol. The lowest BCUT2D eigenvalue weighted by atomic mass is 10.2. The molecule has 2 N–H and O–H groups in total. The van der Waals surface area contributed by atoms with Crippen molar-refractivity contribution >= 4 is 11.8 Å². The van der Waals surface area contributed by atoms with Crippen molar-refractivity contribution in [1.82, 2.24) is 5.32 Å². The molecule has 4 heteroatoms. The van der Waals surface area contributed by atoms with Crippen molar-refractivity contribution in [3.63, 3.8) is 0 Å². The first-order chi connectivity index (χ1) is 8.79. The van der Waals surface area contributed by atoms with Crippen molar-refractivity contribution in [2.45, 2.75) is 68.4 Å². The van der Waals surface area contributed by atoms with Crippen LogP contribution in [0.4, 0.5) is 0 Å². The maximum absolute atomic E-state index is 9.93. The highest BCUT2D eigenvalue weighted by molar-refractivity contribution is 7.99. The molecule has 0 bridgehead atoms. The zero-order chi connectivity index (χ0) is 12.8. The van der Waals surface area contributed by atoms with Crippen molar-refractivity contribution in [3.8, 4) is 0 Å². The van der Waals surface area contributed by atoms with Crippen LogP contribution in [-0.4, -0.2) is 48.0 Å². The largest absolute Gasteiger partial charge is 0.389 e. The van der Waals surface area contributed by atoms with Crippen LogP contribution in [0.5, 0.6) is 0 Å². The Morgan fingerprint density at radius 1 is 1.22 bits per heavy atom. The summed E-state index contributed by atoms with van der Waals surface area (Å²) >= 11 is 1.95. The number of hydrogen-bond acceptors (Lipinski definition) is 4. The van der Waals surface area contributed by atoms with E-state index < -0.39 is 0 Å². The van der Waals surface area contributed by atoms with Crippen LogP contribution in [0.25, 0.3) is 0 Å². The zero-order valence-corrected chi connectivity index (χ0v) is 12.3. The normalized spacial score (nSPS) is 31.0. The molecule has 3 nitrogen and oxygen atoms in total. The number of thioether (sulfide) groups is 1. The van der Waals surface area contributed by atoms with Crippen molar-refractivity contribution in [3.05, 3.63) is 0 Å². The summed E-state index contributed by atoms with van der Waals surface area (Å²) in [6.07, 6.45) is 11.1. The molecule has 0 spiro atoms. The minimum Gasteiger partial charge on any atom is -0.389 e. The van der Waals surface area contributed by atoms with E-state index in [0.29, 0.717) is 25.3 Å². The summed E-state index contributed by atoms with van der Waals surface area (Å²) in [5.74, 6) is 0. The molecule has 3 unspecified atom stereocenters. The fourth-order valence-corrected chi connectivity index (χ4v) is 4.05. The maximum atomic E-state index is 9.93. The third-order valence-corrected chi connectivity index (χ3v) is 5.37. The second-order valence-electron chi connectivity index (χ2n) is 5.61. The van der Waals surface area contributed by atoms with Crippen molar-refractivity contribution in [2.75, 3.05) is 19.4 Å². The Kier molecular flexibility index (Phi) is 6.29. The van der Waals surface area contributed by atoms with Gasteiger partial charge in [-0.15, -0.1) is 0 Å². The van der Waals surface area contributed by atoms with Crippen LogP contribution in [0.1, 0.15) is 44.9 Å². The number of rotatable bonds is 7. The molecule has 2 aliphatic rings. The Morgan fingerprint density at radius 2 is 2.00 bits per heavy atom. The number of aliphatic hydroxyl groups is 1. The van der Waals surface area contributed by atoms with Gasteiger partial charge >= 0.3 is 0 Å². The third kappa shape index (κ3) is 4.41. The Hall–Kier alpha value is 0.230. The molecule has 2 fully saturated rings. The minimum absolute atomic E-state index is 0.353. The van der Waals surface area contributed by atoms with Gasteiger partial charge in [0, 0.05) is 17.8 Å². The molecule has 0 aromatic rings. The molecule has 0 amide bonds. The van der Waals surface area contributed by atoms with Crippen molar-refractivity contribution < 1.29 is 9.84 Å². The zero-order valence-electron chi connectivity index (χ0n) is 11.4. The van der Waals surface area contributed by atoms with E-state index in [0.717, 1.165) is 5.25 Å². The molecule has 0 aromatic carbocycles. The van der Waals surface area contributed by atoms with E-state index in [4.69, 9.17) is 4.74 Å². The molecule has 18 heavy (non-hydrogen) atoms. The van der Waals surface area contributed by atoms with Gasteiger partial charge in [-0.25, -0.2) is 0 Å². The van der Waals surface area contributed by atoms with Gasteiger partial charge < -0.3 is 15.2 Å². The van der Waals surface area contributed by atoms with Crippen LogP contribution < -0.4 is 5.32 Å². The van der Waals surface area contributed by atoms with Crippen LogP contribution in [-0.2, 0) is 4.74 Å². The second-order valence-corrected chi connectivity index (χ2v) is 6.69. The Labute approximate surface area is 115 Å². The smallest absolute Gasteiger partial charge is 0.0897 e. The molecule has 0 aromatic heterocycles. The summed E-state index contributed by atoms with van der Waals surface area (Å²) < 4.78 is 5.74. The monoisotopic (exact) mass is 273 g/mol. The fraction of sp³-hybridized carbons (Fsp3) is 1.00. The summed E-state index contributed by atoms with van der Waals surface area (Å²) in [6.45, 7) is 1.17. The van der Waals surface area contributed by atoms with Gasteiger partial charge in [0.05, 0.1) is 18.8 Å². The highest BCUT2D eigenvalue weighted by atomic mass is 32.2. The number of nitrogens with one attached hydrogen (secondary N) is 1. The summed E-state index contributed by atoms with van der Waals surface area (Å²) in [6, 6.07) is 0.584. The van der Waals surface area contributed by atoms with Crippen LogP contribution in [0.3, 0.4) is 0 Å². The maximum Gasteiger partial charge on any atom is 0.0897 e. The first kappa shape index (κ1) is 14.6. The van der Waals surface area contributed by atoms with Gasteiger partial charge in [0.1, 0.15) is 0 Å². The van der Waals surface area contributed by atoms with Crippen molar-refractivity contribution in [1.29, 1.82) is 0 Å². The van der Waals surface area contributed by atoms with Gasteiger partial charge in [-0.3, -0.25) is 0 Å². The van der Waals surface area contributed by atoms with Gasteiger partial charge in [-0.05, 0) is 31.9 Å². The second kappa shape index (κ2) is 7.73. The van der Waals surface area contributed by atoms with E-state index in [-0.39, 0.29) is 6.10 Å². The lowest BCUT2D eigenvalue weighted by molar-refractivity contribution is -0.00612. The van der Waals surface area contributed by atoms with E-state index in [1.807, 2.05) is 11.8 Å². The number of ether oxygens (including phenoxy) is 1. The first-order valence-electron chi connectivity index (χ1n) is 7.35. The topological polar surface area (TPSA) is 41.5 Å². The predicted octanol–water partition coefficient (Wildman–Crippen LogP) is 2.18. The van der Waals surface area contributed by atoms with Crippen LogP contribution in [0.15, 0.2) is 0 Å². The standard InChI is InChI=1S/C14H27NO2S/c1-18-14-8-4-7-13(14)15-9-11(16)10-17-12-5-2-3-6-12/h11-16H,2-10H2,1H3. The molecule has 0 radical (unpaired) electrons. The quantitative estimate of drug-likeness (QED) is 0.746. The molecule has 106 valence electrons. The van der Waals surface area contributed by atoms with Gasteiger partial charge in [-0.2, -0.15) is 11.8 Å². The molecule has 3 atom stereocenters. The van der Waals surface area contributed by atoms with Gasteiger partial charge in [0.2, 0.25) is 0 Å². The third-order valence-electron chi connectivity index (χ3n) is 4.20. The van der Waals surface area contributed by atoms with Gasteiger partial charge in [-0.1, -0.05) is 19.3 Å². The van der Waals surface area contributed by atoms with E-state index in [9.17, 15) is 5.11 Å². The molecule has 0 heterocycles. The molecular weight excluding hydrogens is 246 g/mol. The van der Waals surface area contributed by atoms with E-state index in [2.05, 4.69) is 11.6 Å². The minimum atomic E-state index is -0.353. The number of aliphatic hydroxyl groups excluding tert-OH is 1. The molecule has 2 rings (SSSR count). The molecule has 2 aliphatic carbocycles. The summed E-state index contributed by atoms with van der Waals surface area (Å²) in [7, 11) is 0. The Bertz CT molecular complexity index is 234. The van der Waals surface area contributed by atoms with Crippen molar-refractivity contribution in [2.24, 2.45) is 0 Å². The highest BCUT2D eigenvalue weighted by Gasteiger charge is 2.26. The molecule has 0 saturated heterocycles. The summed E-state index contributed by atoms with van der Waals surface area (Å²) in [4.78, 5) is 0. The first-order valence-corrected chi connectivity index (χ1v) is 8.64.